The number of hydrogen-bond donors (Lipinski definition) is 1. The first-order valence-electron chi connectivity index (χ1n) is 7.03. The van der Waals surface area contributed by atoms with Crippen molar-refractivity contribution in [2.45, 2.75) is 12.5 Å². The van der Waals surface area contributed by atoms with Crippen LogP contribution in [0.3, 0.4) is 0 Å². The third-order valence-electron chi connectivity index (χ3n) is 3.63. The Morgan fingerprint density at radius 3 is 2.74 bits per heavy atom. The number of nitrogens with zero attached hydrogens (tertiary/aromatic N) is 2. The number of carboxylic acids is 1. The Bertz CT molecular complexity index is 625. The number of amides is 2. The van der Waals surface area contributed by atoms with Crippen molar-refractivity contribution < 1.29 is 23.9 Å². The van der Waals surface area contributed by atoms with Crippen LogP contribution < -0.4 is 4.90 Å². The molecule has 1 aliphatic heterocycles. The number of carbonyl (C=O) groups is 3. The summed E-state index contributed by atoms with van der Waals surface area (Å²) in [5.41, 5.74) is 0.209. The molecular weight excluding hydrogens is 323 g/mol. The van der Waals surface area contributed by atoms with Crippen LogP contribution in [0.25, 0.3) is 0 Å². The lowest BCUT2D eigenvalue weighted by molar-refractivity contribution is -0.134. The fourth-order valence-corrected chi connectivity index (χ4v) is 3.09. The molecule has 1 aliphatic rings. The largest absolute Gasteiger partial charge is 0.481 e. The number of halogens is 1. The molecule has 1 aromatic carbocycles. The van der Waals surface area contributed by atoms with E-state index in [4.69, 9.17) is 5.11 Å². The maximum atomic E-state index is 13.8. The molecule has 0 bridgehead atoms. The van der Waals surface area contributed by atoms with Crippen molar-refractivity contribution in [2.24, 2.45) is 0 Å². The van der Waals surface area contributed by atoms with Crippen molar-refractivity contribution in [3.8, 4) is 0 Å². The zero-order valence-electron chi connectivity index (χ0n) is 12.6. The number of aliphatic carboxylic acids is 1. The smallest absolute Gasteiger partial charge is 0.313 e. The fraction of sp³-hybridized carbons (Fsp3) is 0.400. The standard InChI is InChI=1S/C15H17FN2O4S/c1-17(13(19)8-23-9-14(20)21)12-6-7-18(15(12)22)11-5-3-2-4-10(11)16/h2-5,12H,6-9H2,1H3,(H,20,21). The predicted molar refractivity (Wildman–Crippen MR) is 84.9 cm³/mol. The first-order chi connectivity index (χ1) is 10.9. The number of rotatable bonds is 6. The lowest BCUT2D eigenvalue weighted by Gasteiger charge is -2.24. The van der Waals surface area contributed by atoms with E-state index in [1.807, 2.05) is 0 Å². The highest BCUT2D eigenvalue weighted by Gasteiger charge is 2.37. The van der Waals surface area contributed by atoms with E-state index in [0.29, 0.717) is 13.0 Å². The van der Waals surface area contributed by atoms with Gasteiger partial charge in [-0.1, -0.05) is 12.1 Å². The molecule has 1 N–H and O–H groups in total. The highest BCUT2D eigenvalue weighted by molar-refractivity contribution is 8.00. The average Bonchev–Trinajstić information content (AvgIpc) is 2.88. The monoisotopic (exact) mass is 340 g/mol. The van der Waals surface area contributed by atoms with E-state index in [1.165, 1.54) is 29.0 Å². The molecule has 124 valence electrons. The number of carbonyl (C=O) groups excluding carboxylic acids is 2. The number of likely N-dealkylation sites (N-methyl/N-ethyl adjacent to an activating group) is 1. The lowest BCUT2D eigenvalue weighted by atomic mass is 10.2. The molecule has 2 rings (SSSR count). The molecule has 2 amide bonds. The third kappa shape index (κ3) is 4.01. The van der Waals surface area contributed by atoms with Gasteiger partial charge in [0, 0.05) is 13.6 Å². The van der Waals surface area contributed by atoms with Crippen LogP contribution in [0.5, 0.6) is 0 Å². The van der Waals surface area contributed by atoms with E-state index in [-0.39, 0.29) is 29.0 Å². The van der Waals surface area contributed by atoms with E-state index in [1.54, 1.807) is 12.1 Å². The van der Waals surface area contributed by atoms with Gasteiger partial charge in [0.2, 0.25) is 11.8 Å². The van der Waals surface area contributed by atoms with Crippen LogP contribution in [0, 0.1) is 5.82 Å². The fourth-order valence-electron chi connectivity index (χ4n) is 2.44. The molecule has 1 aromatic rings. The minimum absolute atomic E-state index is 0.00766. The molecule has 23 heavy (non-hydrogen) atoms. The molecule has 0 aromatic heterocycles. The Morgan fingerprint density at radius 1 is 1.39 bits per heavy atom. The van der Waals surface area contributed by atoms with Gasteiger partial charge in [-0.05, 0) is 18.6 Å². The van der Waals surface area contributed by atoms with Crippen LogP contribution in [-0.4, -0.2) is 58.9 Å². The summed E-state index contributed by atoms with van der Waals surface area (Å²) in [5.74, 6) is -2.29. The van der Waals surface area contributed by atoms with E-state index in [0.717, 1.165) is 11.8 Å². The first-order valence-corrected chi connectivity index (χ1v) is 8.18. The molecule has 1 heterocycles. The average molecular weight is 340 g/mol. The van der Waals surface area contributed by atoms with Crippen molar-refractivity contribution in [3.63, 3.8) is 0 Å². The molecular formula is C15H17FN2O4S. The van der Waals surface area contributed by atoms with Gasteiger partial charge in [0.1, 0.15) is 11.9 Å². The molecule has 8 heteroatoms. The Kier molecular flexibility index (Phi) is 5.59. The summed E-state index contributed by atoms with van der Waals surface area (Å²) in [6.45, 7) is 0.338. The van der Waals surface area contributed by atoms with Crippen LogP contribution in [0.1, 0.15) is 6.42 Å². The van der Waals surface area contributed by atoms with Gasteiger partial charge in [-0.15, -0.1) is 11.8 Å². The molecule has 0 aliphatic carbocycles. The SMILES string of the molecule is CN(C(=O)CSCC(=O)O)C1CCN(c2ccccc2F)C1=O. The first kappa shape index (κ1) is 17.3. The minimum Gasteiger partial charge on any atom is -0.481 e. The highest BCUT2D eigenvalue weighted by Crippen LogP contribution is 2.26. The molecule has 1 atom stereocenters. The number of carboxylic acid groups (broad SMARTS) is 1. The van der Waals surface area contributed by atoms with E-state index >= 15 is 0 Å². The number of para-hydroxylation sites is 1. The summed E-state index contributed by atoms with van der Waals surface area (Å²) in [6, 6.07) is 5.36. The number of hydrogen-bond acceptors (Lipinski definition) is 4. The third-order valence-corrected chi connectivity index (χ3v) is 4.53. The topological polar surface area (TPSA) is 77.9 Å². The summed E-state index contributed by atoms with van der Waals surface area (Å²) in [4.78, 5) is 37.6. The van der Waals surface area contributed by atoms with Crippen molar-refractivity contribution in [1.29, 1.82) is 0 Å². The Labute approximate surface area is 137 Å². The number of benzene rings is 1. The predicted octanol–water partition coefficient (Wildman–Crippen LogP) is 1.21. The van der Waals surface area contributed by atoms with Crippen LogP contribution in [0.2, 0.25) is 0 Å². The van der Waals surface area contributed by atoms with Crippen LogP contribution in [0.4, 0.5) is 10.1 Å². The molecule has 0 radical (unpaired) electrons. The summed E-state index contributed by atoms with van der Waals surface area (Å²) >= 11 is 0.982. The zero-order chi connectivity index (χ0) is 17.0. The van der Waals surface area contributed by atoms with E-state index in [9.17, 15) is 18.8 Å². The summed E-state index contributed by atoms with van der Waals surface area (Å²) < 4.78 is 13.8. The maximum Gasteiger partial charge on any atom is 0.313 e. The van der Waals surface area contributed by atoms with E-state index in [2.05, 4.69) is 0 Å². The normalized spacial score (nSPS) is 17.4. The summed E-state index contributed by atoms with van der Waals surface area (Å²) in [6.07, 6.45) is 0.416. The van der Waals surface area contributed by atoms with Gasteiger partial charge in [0.15, 0.2) is 0 Å². The Hall–Kier alpha value is -2.09. The number of anilines is 1. The molecule has 1 unspecified atom stereocenters. The zero-order valence-corrected chi connectivity index (χ0v) is 13.4. The second-order valence-corrected chi connectivity index (χ2v) is 6.12. The van der Waals surface area contributed by atoms with Crippen LogP contribution in [0.15, 0.2) is 24.3 Å². The van der Waals surface area contributed by atoms with Gasteiger partial charge >= 0.3 is 5.97 Å². The van der Waals surface area contributed by atoms with Crippen molar-refractivity contribution in [1.82, 2.24) is 4.90 Å². The minimum atomic E-state index is -0.992. The lowest BCUT2D eigenvalue weighted by Crippen LogP contribution is -2.43. The second-order valence-electron chi connectivity index (χ2n) is 5.14. The van der Waals surface area contributed by atoms with Crippen molar-refractivity contribution in [2.75, 3.05) is 30.0 Å². The highest BCUT2D eigenvalue weighted by atomic mass is 32.2. The van der Waals surface area contributed by atoms with Crippen LogP contribution >= 0.6 is 11.8 Å². The Morgan fingerprint density at radius 2 is 2.09 bits per heavy atom. The molecule has 0 spiro atoms. The van der Waals surface area contributed by atoms with Gasteiger partial charge in [-0.3, -0.25) is 14.4 Å². The van der Waals surface area contributed by atoms with Gasteiger partial charge in [-0.2, -0.15) is 0 Å². The van der Waals surface area contributed by atoms with Gasteiger partial charge in [-0.25, -0.2) is 4.39 Å². The number of thioether (sulfide) groups is 1. The molecule has 0 saturated carbocycles. The van der Waals surface area contributed by atoms with Crippen molar-refractivity contribution >= 4 is 35.2 Å². The second kappa shape index (κ2) is 7.45. The van der Waals surface area contributed by atoms with Gasteiger partial charge in [0.05, 0.1) is 17.2 Å². The Balaban J connectivity index is 1.99. The summed E-state index contributed by atoms with van der Waals surface area (Å²) in [5, 5.41) is 8.56. The molecule has 1 fully saturated rings. The maximum absolute atomic E-state index is 13.8. The quantitative estimate of drug-likeness (QED) is 0.842. The molecule has 6 nitrogen and oxygen atoms in total. The summed E-state index contributed by atoms with van der Waals surface area (Å²) in [7, 11) is 1.51. The van der Waals surface area contributed by atoms with Crippen LogP contribution in [-0.2, 0) is 14.4 Å². The molecule has 1 saturated heterocycles. The van der Waals surface area contributed by atoms with Crippen molar-refractivity contribution in [3.05, 3.63) is 30.1 Å². The van der Waals surface area contributed by atoms with Gasteiger partial charge < -0.3 is 14.9 Å². The van der Waals surface area contributed by atoms with Gasteiger partial charge in [0.25, 0.3) is 0 Å². The van der Waals surface area contributed by atoms with E-state index < -0.39 is 17.8 Å².